The van der Waals surface area contributed by atoms with Crippen molar-refractivity contribution < 1.29 is 4.74 Å². The number of rotatable bonds is 9. The molecule has 1 fully saturated rings. The molecule has 0 bridgehead atoms. The third-order valence-corrected chi connectivity index (χ3v) is 5.06. The molecule has 0 aliphatic carbocycles. The topological polar surface area (TPSA) is 65.0 Å². The van der Waals surface area contributed by atoms with Gasteiger partial charge < -0.3 is 20.3 Å². The summed E-state index contributed by atoms with van der Waals surface area (Å²) in [6, 6.07) is 5.26. The molecule has 0 atom stereocenters. The number of halogens is 1. The first kappa shape index (κ1) is 25.9. The Morgan fingerprint density at radius 1 is 1.21 bits per heavy atom. The normalized spacial score (nSPS) is 15.0. The first-order valence-electron chi connectivity index (χ1n) is 10.5. The van der Waals surface area contributed by atoms with Crippen LogP contribution in [0.15, 0.2) is 23.3 Å². The molecule has 1 aliphatic rings. The maximum atomic E-state index is 5.46. The quantitative estimate of drug-likeness (QED) is 0.227. The van der Waals surface area contributed by atoms with Crippen LogP contribution in [0.2, 0.25) is 0 Å². The summed E-state index contributed by atoms with van der Waals surface area (Å²) in [4.78, 5) is 13.8. The number of pyridine rings is 1. The van der Waals surface area contributed by atoms with Crippen LogP contribution in [0.1, 0.15) is 39.7 Å². The minimum Gasteiger partial charge on any atom is -0.378 e. The van der Waals surface area contributed by atoms with Crippen LogP contribution in [0.4, 0.5) is 5.82 Å². The molecule has 1 aromatic rings. The number of nitrogens with zero attached hydrogens (tertiary/aromatic N) is 4. The first-order chi connectivity index (χ1) is 13.5. The Morgan fingerprint density at radius 3 is 2.52 bits per heavy atom. The van der Waals surface area contributed by atoms with Crippen LogP contribution in [0.25, 0.3) is 0 Å². The number of guanidine groups is 1. The predicted octanol–water partition coefficient (Wildman–Crippen LogP) is 2.71. The van der Waals surface area contributed by atoms with E-state index in [0.717, 1.165) is 57.6 Å². The summed E-state index contributed by atoms with van der Waals surface area (Å²) in [6.07, 6.45) is 2.94. The fourth-order valence-electron chi connectivity index (χ4n) is 3.61. The molecule has 0 amide bonds. The van der Waals surface area contributed by atoms with E-state index in [1.165, 1.54) is 5.56 Å². The molecule has 8 heteroatoms. The number of morpholine rings is 1. The van der Waals surface area contributed by atoms with E-state index in [2.05, 4.69) is 64.2 Å². The van der Waals surface area contributed by atoms with E-state index in [0.29, 0.717) is 18.6 Å². The predicted molar refractivity (Wildman–Crippen MR) is 132 cm³/mol. The van der Waals surface area contributed by atoms with Crippen molar-refractivity contribution in [2.24, 2.45) is 4.99 Å². The zero-order chi connectivity index (χ0) is 20.4. The molecule has 0 saturated carbocycles. The van der Waals surface area contributed by atoms with Gasteiger partial charge in [0.25, 0.3) is 0 Å². The molecule has 2 N–H and O–H groups in total. The minimum atomic E-state index is 0. The largest absolute Gasteiger partial charge is 0.378 e. The van der Waals surface area contributed by atoms with Gasteiger partial charge in [0.15, 0.2) is 5.96 Å². The van der Waals surface area contributed by atoms with Gasteiger partial charge in [0.1, 0.15) is 5.82 Å². The number of aliphatic imine (C=N–C) groups is 1. The van der Waals surface area contributed by atoms with Gasteiger partial charge in [0.2, 0.25) is 0 Å². The van der Waals surface area contributed by atoms with Crippen molar-refractivity contribution in [2.45, 2.75) is 52.7 Å². The molecule has 7 nitrogen and oxygen atoms in total. The minimum absolute atomic E-state index is 0. The second-order valence-electron chi connectivity index (χ2n) is 7.72. The third kappa shape index (κ3) is 8.64. The molecule has 0 aromatic carbocycles. The summed E-state index contributed by atoms with van der Waals surface area (Å²) in [6.45, 7) is 15.0. The van der Waals surface area contributed by atoms with Crippen molar-refractivity contribution in [3.63, 3.8) is 0 Å². The molecule has 29 heavy (non-hydrogen) atoms. The lowest BCUT2D eigenvalue weighted by Crippen LogP contribution is -2.41. The number of aromatic nitrogens is 1. The van der Waals surface area contributed by atoms with Crippen molar-refractivity contribution in [2.75, 3.05) is 51.3 Å². The molecule has 166 valence electrons. The number of anilines is 1. The number of ether oxygens (including phenoxy) is 1. The molecule has 1 aliphatic heterocycles. The Kier molecular flexibility index (Phi) is 12.5. The summed E-state index contributed by atoms with van der Waals surface area (Å²) in [5.74, 6) is 1.87. The lowest BCUT2D eigenvalue weighted by atomic mass is 10.2. The summed E-state index contributed by atoms with van der Waals surface area (Å²) in [5.41, 5.74) is 1.18. The summed E-state index contributed by atoms with van der Waals surface area (Å²) >= 11 is 0. The standard InChI is InChI=1S/C21H38N6O.HI/c1-17(2)27(18(3)4)11-7-10-24-21(22-5)25-16-19-8-6-9-23-20(19)26-12-14-28-15-13-26;/h6,8-9,17-18H,7,10-16H2,1-5H3,(H2,22,24,25);1H. The third-order valence-electron chi connectivity index (χ3n) is 5.06. The maximum Gasteiger partial charge on any atom is 0.191 e. The Labute approximate surface area is 193 Å². The van der Waals surface area contributed by atoms with Crippen molar-refractivity contribution in [3.8, 4) is 0 Å². The summed E-state index contributed by atoms with van der Waals surface area (Å²) in [5, 5.41) is 6.86. The molecule has 2 rings (SSSR count). The molecule has 0 radical (unpaired) electrons. The van der Waals surface area contributed by atoms with E-state index < -0.39 is 0 Å². The first-order valence-corrected chi connectivity index (χ1v) is 10.5. The van der Waals surface area contributed by atoms with E-state index >= 15 is 0 Å². The second-order valence-corrected chi connectivity index (χ2v) is 7.72. The summed E-state index contributed by atoms with van der Waals surface area (Å²) < 4.78 is 5.46. The van der Waals surface area contributed by atoms with Crippen molar-refractivity contribution in [1.29, 1.82) is 0 Å². The van der Waals surface area contributed by atoms with Gasteiger partial charge in [0.05, 0.1) is 13.2 Å². The SMILES string of the molecule is CN=C(NCCCN(C(C)C)C(C)C)NCc1cccnc1N1CCOCC1.I. The molecule has 1 saturated heterocycles. The second kappa shape index (κ2) is 14.0. The van der Waals surface area contributed by atoms with Gasteiger partial charge in [-0.05, 0) is 40.2 Å². The molecular weight excluding hydrogens is 479 g/mol. The average molecular weight is 518 g/mol. The maximum absolute atomic E-state index is 5.46. The van der Waals surface area contributed by atoms with Gasteiger partial charge in [-0.2, -0.15) is 0 Å². The van der Waals surface area contributed by atoms with Crippen LogP contribution >= 0.6 is 24.0 Å². The molecule has 0 spiro atoms. The summed E-state index contributed by atoms with van der Waals surface area (Å²) in [7, 11) is 1.82. The van der Waals surface area contributed by atoms with Gasteiger partial charge >= 0.3 is 0 Å². The van der Waals surface area contributed by atoms with Gasteiger partial charge in [-0.15, -0.1) is 24.0 Å². The van der Waals surface area contributed by atoms with Crippen LogP contribution in [-0.2, 0) is 11.3 Å². The Morgan fingerprint density at radius 2 is 1.90 bits per heavy atom. The van der Waals surface area contributed by atoms with Gasteiger partial charge in [-0.25, -0.2) is 4.98 Å². The van der Waals surface area contributed by atoms with Crippen molar-refractivity contribution >= 4 is 35.8 Å². The molecule has 0 unspecified atom stereocenters. The number of nitrogens with one attached hydrogen (secondary N) is 2. The van der Waals surface area contributed by atoms with E-state index in [1.54, 1.807) is 0 Å². The van der Waals surface area contributed by atoms with E-state index in [-0.39, 0.29) is 24.0 Å². The molecule has 2 heterocycles. The van der Waals surface area contributed by atoms with E-state index in [4.69, 9.17) is 4.74 Å². The molecule has 1 aromatic heterocycles. The Hall–Kier alpha value is -1.13. The fourth-order valence-corrected chi connectivity index (χ4v) is 3.61. The van der Waals surface area contributed by atoms with Crippen LogP contribution in [-0.4, -0.2) is 74.4 Å². The fraction of sp³-hybridized carbons (Fsp3) is 0.714. The monoisotopic (exact) mass is 518 g/mol. The van der Waals surface area contributed by atoms with Gasteiger partial charge in [-0.3, -0.25) is 9.89 Å². The Bertz CT molecular complexity index is 597. The van der Waals surface area contributed by atoms with E-state index in [1.807, 2.05) is 19.3 Å². The average Bonchev–Trinajstić information content (AvgIpc) is 2.70. The number of hydrogen-bond acceptors (Lipinski definition) is 5. The van der Waals surface area contributed by atoms with Gasteiger partial charge in [0, 0.05) is 63.6 Å². The molecular formula is C21H39IN6O. The Balaban J connectivity index is 0.00000420. The highest BCUT2D eigenvalue weighted by Crippen LogP contribution is 2.18. The van der Waals surface area contributed by atoms with E-state index in [9.17, 15) is 0 Å². The van der Waals surface area contributed by atoms with Crippen molar-refractivity contribution in [1.82, 2.24) is 20.5 Å². The lowest BCUT2D eigenvalue weighted by Gasteiger charge is -2.30. The highest BCUT2D eigenvalue weighted by Gasteiger charge is 2.16. The highest BCUT2D eigenvalue weighted by atomic mass is 127. The van der Waals surface area contributed by atoms with Crippen LogP contribution < -0.4 is 15.5 Å². The zero-order valence-corrected chi connectivity index (χ0v) is 21.0. The number of hydrogen-bond donors (Lipinski definition) is 2. The smallest absolute Gasteiger partial charge is 0.191 e. The van der Waals surface area contributed by atoms with Crippen LogP contribution in [0.3, 0.4) is 0 Å². The zero-order valence-electron chi connectivity index (χ0n) is 18.6. The van der Waals surface area contributed by atoms with Gasteiger partial charge in [-0.1, -0.05) is 6.07 Å². The van der Waals surface area contributed by atoms with Crippen molar-refractivity contribution in [3.05, 3.63) is 23.9 Å². The lowest BCUT2D eigenvalue weighted by molar-refractivity contribution is 0.122. The highest BCUT2D eigenvalue weighted by molar-refractivity contribution is 14.0. The van der Waals surface area contributed by atoms with Crippen LogP contribution in [0, 0.1) is 0 Å². The van der Waals surface area contributed by atoms with Crippen LogP contribution in [0.5, 0.6) is 0 Å².